The van der Waals surface area contributed by atoms with Crippen molar-refractivity contribution in [2.24, 2.45) is 0 Å². The molecule has 0 amide bonds. The van der Waals surface area contributed by atoms with Gasteiger partial charge in [0.05, 0.1) is 6.04 Å². The second kappa shape index (κ2) is 5.39. The summed E-state index contributed by atoms with van der Waals surface area (Å²) in [5.74, 6) is -1.60. The van der Waals surface area contributed by atoms with Gasteiger partial charge in [-0.25, -0.2) is 8.78 Å². The molecule has 0 spiro atoms. The second-order valence-corrected chi connectivity index (χ2v) is 4.76. The molecule has 1 atom stereocenters. The van der Waals surface area contributed by atoms with E-state index in [2.05, 4.69) is 5.32 Å². The maximum Gasteiger partial charge on any atom is 0.164 e. The fraction of sp³-hybridized carbons (Fsp3) is 0.250. The van der Waals surface area contributed by atoms with E-state index in [1.165, 1.54) is 6.07 Å². The molecule has 0 fully saturated rings. The van der Waals surface area contributed by atoms with Crippen molar-refractivity contribution in [3.8, 4) is 0 Å². The van der Waals surface area contributed by atoms with Gasteiger partial charge in [0.15, 0.2) is 11.6 Å². The van der Waals surface area contributed by atoms with Crippen molar-refractivity contribution in [1.82, 2.24) is 0 Å². The lowest BCUT2D eigenvalue weighted by molar-refractivity contribution is 0.494. The van der Waals surface area contributed by atoms with Crippen LogP contribution in [0.15, 0.2) is 36.4 Å². The van der Waals surface area contributed by atoms with Crippen molar-refractivity contribution in [2.75, 3.05) is 5.32 Å². The molecule has 1 N–H and O–H groups in total. The molecule has 0 bridgehead atoms. The number of benzene rings is 2. The van der Waals surface area contributed by atoms with Crippen molar-refractivity contribution in [3.63, 3.8) is 0 Å². The highest BCUT2D eigenvalue weighted by molar-refractivity contribution is 5.55. The van der Waals surface area contributed by atoms with Crippen LogP contribution >= 0.6 is 0 Å². The number of hydrogen-bond donors (Lipinski definition) is 1. The summed E-state index contributed by atoms with van der Waals surface area (Å²) in [5.41, 5.74) is 3.56. The Morgan fingerprint density at radius 1 is 1.00 bits per heavy atom. The molecular weight excluding hydrogens is 244 g/mol. The number of aryl methyl sites for hydroxylation is 1. The molecule has 0 radical (unpaired) electrons. The SMILES string of the molecule is Cc1cccc(NC(C)c2cccc(F)c2F)c1C. The van der Waals surface area contributed by atoms with Crippen LogP contribution in [0.25, 0.3) is 0 Å². The summed E-state index contributed by atoms with van der Waals surface area (Å²) in [4.78, 5) is 0. The summed E-state index contributed by atoms with van der Waals surface area (Å²) < 4.78 is 26.9. The molecule has 0 saturated heterocycles. The van der Waals surface area contributed by atoms with Gasteiger partial charge in [0, 0.05) is 11.3 Å². The third-order valence-corrected chi connectivity index (χ3v) is 3.42. The van der Waals surface area contributed by atoms with Gasteiger partial charge in [-0.2, -0.15) is 0 Å². The molecule has 0 aliphatic rings. The first-order valence-corrected chi connectivity index (χ1v) is 6.27. The molecule has 19 heavy (non-hydrogen) atoms. The molecule has 2 aromatic carbocycles. The van der Waals surface area contributed by atoms with Crippen LogP contribution in [0.2, 0.25) is 0 Å². The summed E-state index contributed by atoms with van der Waals surface area (Å²) in [7, 11) is 0. The van der Waals surface area contributed by atoms with Gasteiger partial charge in [-0.05, 0) is 44.0 Å². The molecule has 0 aliphatic carbocycles. The Hall–Kier alpha value is -1.90. The van der Waals surface area contributed by atoms with Crippen LogP contribution in [0.5, 0.6) is 0 Å². The zero-order valence-electron chi connectivity index (χ0n) is 11.3. The maximum atomic E-state index is 13.7. The average Bonchev–Trinajstić information content (AvgIpc) is 2.38. The lowest BCUT2D eigenvalue weighted by Crippen LogP contribution is -2.10. The zero-order valence-corrected chi connectivity index (χ0v) is 11.3. The van der Waals surface area contributed by atoms with Gasteiger partial charge >= 0.3 is 0 Å². The van der Waals surface area contributed by atoms with Crippen LogP contribution in [-0.2, 0) is 0 Å². The predicted molar refractivity (Wildman–Crippen MR) is 74.3 cm³/mol. The fourth-order valence-corrected chi connectivity index (χ4v) is 2.07. The third-order valence-electron chi connectivity index (χ3n) is 3.42. The Labute approximate surface area is 112 Å². The smallest absolute Gasteiger partial charge is 0.164 e. The molecule has 100 valence electrons. The van der Waals surface area contributed by atoms with Crippen LogP contribution in [0.3, 0.4) is 0 Å². The maximum absolute atomic E-state index is 13.7. The highest BCUT2D eigenvalue weighted by Gasteiger charge is 2.14. The Kier molecular flexibility index (Phi) is 3.84. The highest BCUT2D eigenvalue weighted by atomic mass is 19.2. The van der Waals surface area contributed by atoms with E-state index in [0.717, 1.165) is 22.9 Å². The van der Waals surface area contributed by atoms with Gasteiger partial charge in [0.25, 0.3) is 0 Å². The van der Waals surface area contributed by atoms with Crippen LogP contribution in [-0.4, -0.2) is 0 Å². The molecule has 0 heterocycles. The minimum absolute atomic E-state index is 0.295. The van der Waals surface area contributed by atoms with E-state index >= 15 is 0 Å². The van der Waals surface area contributed by atoms with Crippen LogP contribution in [0.1, 0.15) is 29.7 Å². The summed E-state index contributed by atoms with van der Waals surface area (Å²) in [6.45, 7) is 5.85. The Morgan fingerprint density at radius 2 is 1.68 bits per heavy atom. The largest absolute Gasteiger partial charge is 0.378 e. The quantitative estimate of drug-likeness (QED) is 0.840. The first-order chi connectivity index (χ1) is 9.00. The van der Waals surface area contributed by atoms with Crippen molar-refractivity contribution >= 4 is 5.69 Å². The van der Waals surface area contributed by atoms with Gasteiger partial charge in [0.2, 0.25) is 0 Å². The molecule has 1 nitrogen and oxygen atoms in total. The number of anilines is 1. The van der Waals surface area contributed by atoms with Gasteiger partial charge in [-0.3, -0.25) is 0 Å². The molecule has 1 unspecified atom stereocenters. The number of halogens is 2. The first-order valence-electron chi connectivity index (χ1n) is 6.27. The van der Waals surface area contributed by atoms with E-state index < -0.39 is 11.6 Å². The zero-order chi connectivity index (χ0) is 14.0. The lowest BCUT2D eigenvalue weighted by Gasteiger charge is -2.19. The van der Waals surface area contributed by atoms with Crippen molar-refractivity contribution in [1.29, 1.82) is 0 Å². The second-order valence-electron chi connectivity index (χ2n) is 4.76. The van der Waals surface area contributed by atoms with E-state index in [1.54, 1.807) is 6.07 Å². The van der Waals surface area contributed by atoms with E-state index in [-0.39, 0.29) is 6.04 Å². The molecular formula is C16H17F2N. The monoisotopic (exact) mass is 261 g/mol. The average molecular weight is 261 g/mol. The van der Waals surface area contributed by atoms with Crippen LogP contribution < -0.4 is 5.32 Å². The molecule has 2 rings (SSSR count). The molecule has 0 aromatic heterocycles. The summed E-state index contributed by atoms with van der Waals surface area (Å²) in [5, 5.41) is 3.23. The van der Waals surface area contributed by atoms with E-state index in [4.69, 9.17) is 0 Å². The van der Waals surface area contributed by atoms with Gasteiger partial charge in [-0.15, -0.1) is 0 Å². The Morgan fingerprint density at radius 3 is 2.42 bits per heavy atom. The van der Waals surface area contributed by atoms with E-state index in [1.807, 2.05) is 39.0 Å². The number of rotatable bonds is 3. The fourth-order valence-electron chi connectivity index (χ4n) is 2.07. The first kappa shape index (κ1) is 13.5. The molecule has 3 heteroatoms. The summed E-state index contributed by atoms with van der Waals surface area (Å²) in [6, 6.07) is 9.86. The van der Waals surface area contributed by atoms with Gasteiger partial charge in [0.1, 0.15) is 0 Å². The van der Waals surface area contributed by atoms with Crippen molar-refractivity contribution < 1.29 is 8.78 Å². The molecule has 0 aliphatic heterocycles. The van der Waals surface area contributed by atoms with Crippen LogP contribution in [0.4, 0.5) is 14.5 Å². The third kappa shape index (κ3) is 2.75. The Bertz CT molecular complexity index is 593. The van der Waals surface area contributed by atoms with E-state index in [0.29, 0.717) is 5.56 Å². The highest BCUT2D eigenvalue weighted by Crippen LogP contribution is 2.26. The predicted octanol–water partition coefficient (Wildman–Crippen LogP) is 4.75. The minimum atomic E-state index is -0.813. The van der Waals surface area contributed by atoms with Crippen molar-refractivity contribution in [2.45, 2.75) is 26.8 Å². The van der Waals surface area contributed by atoms with Gasteiger partial charge < -0.3 is 5.32 Å². The minimum Gasteiger partial charge on any atom is -0.378 e. The summed E-state index contributed by atoms with van der Waals surface area (Å²) >= 11 is 0. The van der Waals surface area contributed by atoms with Crippen molar-refractivity contribution in [3.05, 3.63) is 64.7 Å². The topological polar surface area (TPSA) is 12.0 Å². The normalized spacial score (nSPS) is 12.3. The van der Waals surface area contributed by atoms with Crippen LogP contribution in [0, 0.1) is 25.5 Å². The number of nitrogens with one attached hydrogen (secondary N) is 1. The molecule has 0 saturated carbocycles. The standard InChI is InChI=1S/C16H17F2N/c1-10-6-4-9-15(11(10)2)19-12(3)13-7-5-8-14(17)16(13)18/h4-9,12,19H,1-3H3. The van der Waals surface area contributed by atoms with Gasteiger partial charge in [-0.1, -0.05) is 24.3 Å². The summed E-state index contributed by atoms with van der Waals surface area (Å²) in [6.07, 6.45) is 0. The number of hydrogen-bond acceptors (Lipinski definition) is 1. The molecule has 2 aromatic rings. The Balaban J connectivity index is 2.28. The van der Waals surface area contributed by atoms with E-state index in [9.17, 15) is 8.78 Å². The lowest BCUT2D eigenvalue weighted by atomic mass is 10.0.